The topological polar surface area (TPSA) is 81.7 Å². The molecule has 1 amide bonds. The van der Waals surface area contributed by atoms with Crippen molar-refractivity contribution in [3.05, 3.63) is 72.4 Å². The third-order valence-corrected chi connectivity index (χ3v) is 4.80. The summed E-state index contributed by atoms with van der Waals surface area (Å²) in [6.45, 7) is 1.23. The second-order valence-electron chi connectivity index (χ2n) is 7.13. The van der Waals surface area contributed by atoms with Gasteiger partial charge in [0.1, 0.15) is 23.1 Å². The maximum Gasteiger partial charge on any atom is 0.224 e. The number of anilines is 2. The third kappa shape index (κ3) is 7.50. The van der Waals surface area contributed by atoms with Gasteiger partial charge in [-0.05, 0) is 66.9 Å². The average molecular weight is 436 g/mol. The van der Waals surface area contributed by atoms with E-state index in [1.807, 2.05) is 48.5 Å². The molecule has 0 fully saturated rings. The molecule has 1 heterocycles. The Hall–Kier alpha value is -3.74. The van der Waals surface area contributed by atoms with Crippen LogP contribution < -0.4 is 24.8 Å². The fourth-order valence-electron chi connectivity index (χ4n) is 3.02. The van der Waals surface area contributed by atoms with E-state index in [-0.39, 0.29) is 5.91 Å². The molecule has 7 nitrogen and oxygen atoms in total. The Bertz CT molecular complexity index is 958. The number of carbonyl (C=O) groups is 1. The van der Waals surface area contributed by atoms with Crippen LogP contribution in [0.15, 0.2) is 66.9 Å². The van der Waals surface area contributed by atoms with Gasteiger partial charge in [0.05, 0.1) is 32.7 Å². The summed E-state index contributed by atoms with van der Waals surface area (Å²) < 4.78 is 15.9. The standard InChI is InChI=1S/C25H29N3O4/c1-30-21-8-5-19(6-9-21)15-16-26-24-14-7-20(18-27-24)28-25(29)4-3-17-32-23-12-10-22(31-2)11-13-23/h5-14,18H,3-4,15-17H2,1-2H3,(H,26,27)(H,28,29). The van der Waals surface area contributed by atoms with E-state index in [4.69, 9.17) is 14.2 Å². The van der Waals surface area contributed by atoms with Gasteiger partial charge in [-0.3, -0.25) is 4.79 Å². The highest BCUT2D eigenvalue weighted by molar-refractivity contribution is 5.90. The number of amides is 1. The van der Waals surface area contributed by atoms with Gasteiger partial charge in [0.15, 0.2) is 0 Å². The van der Waals surface area contributed by atoms with Crippen LogP contribution in [0.1, 0.15) is 18.4 Å². The lowest BCUT2D eigenvalue weighted by molar-refractivity contribution is -0.116. The van der Waals surface area contributed by atoms with Crippen LogP contribution >= 0.6 is 0 Å². The molecular formula is C25H29N3O4. The van der Waals surface area contributed by atoms with Crippen LogP contribution in [0.3, 0.4) is 0 Å². The van der Waals surface area contributed by atoms with Crippen LogP contribution in [0, 0.1) is 0 Å². The fourth-order valence-corrected chi connectivity index (χ4v) is 3.02. The van der Waals surface area contributed by atoms with Crippen molar-refractivity contribution in [3.63, 3.8) is 0 Å². The SMILES string of the molecule is COc1ccc(CCNc2ccc(NC(=O)CCCOc3ccc(OC)cc3)cn2)cc1. The maximum atomic E-state index is 12.1. The van der Waals surface area contributed by atoms with Gasteiger partial charge in [0.2, 0.25) is 5.91 Å². The first-order valence-electron chi connectivity index (χ1n) is 10.6. The van der Waals surface area contributed by atoms with Gasteiger partial charge in [-0.25, -0.2) is 4.98 Å². The Morgan fingerprint density at radius 2 is 1.53 bits per heavy atom. The van der Waals surface area contributed by atoms with Gasteiger partial charge in [-0.2, -0.15) is 0 Å². The monoisotopic (exact) mass is 435 g/mol. The summed E-state index contributed by atoms with van der Waals surface area (Å²) in [5.41, 5.74) is 1.89. The van der Waals surface area contributed by atoms with Crippen molar-refractivity contribution in [2.75, 3.05) is 38.0 Å². The van der Waals surface area contributed by atoms with Crippen molar-refractivity contribution < 1.29 is 19.0 Å². The van der Waals surface area contributed by atoms with Crippen molar-refractivity contribution in [3.8, 4) is 17.2 Å². The lowest BCUT2D eigenvalue weighted by Gasteiger charge is -2.09. The number of carbonyl (C=O) groups excluding carboxylic acids is 1. The molecule has 0 aliphatic heterocycles. The van der Waals surface area contributed by atoms with Crippen molar-refractivity contribution >= 4 is 17.4 Å². The van der Waals surface area contributed by atoms with Crippen LogP contribution in [0.5, 0.6) is 17.2 Å². The molecule has 0 saturated carbocycles. The molecule has 2 aromatic carbocycles. The molecule has 3 aromatic rings. The molecule has 2 N–H and O–H groups in total. The predicted octanol–water partition coefficient (Wildman–Crippen LogP) is 4.55. The highest BCUT2D eigenvalue weighted by Gasteiger charge is 2.04. The number of rotatable bonds is 12. The van der Waals surface area contributed by atoms with E-state index in [2.05, 4.69) is 27.8 Å². The minimum atomic E-state index is -0.0645. The maximum absolute atomic E-state index is 12.1. The molecule has 0 aliphatic carbocycles. The van der Waals surface area contributed by atoms with E-state index in [1.54, 1.807) is 20.4 Å². The number of ether oxygens (including phenoxy) is 3. The number of nitrogens with zero attached hydrogens (tertiary/aromatic N) is 1. The van der Waals surface area contributed by atoms with Crippen molar-refractivity contribution in [1.29, 1.82) is 0 Å². The van der Waals surface area contributed by atoms with E-state index in [0.717, 1.165) is 36.0 Å². The lowest BCUT2D eigenvalue weighted by atomic mass is 10.1. The average Bonchev–Trinajstić information content (AvgIpc) is 2.84. The molecule has 0 unspecified atom stereocenters. The first-order valence-corrected chi connectivity index (χ1v) is 10.6. The summed E-state index contributed by atoms with van der Waals surface area (Å²) >= 11 is 0. The second kappa shape index (κ2) is 12.2. The van der Waals surface area contributed by atoms with Crippen molar-refractivity contribution in [1.82, 2.24) is 4.98 Å². The number of hydrogen-bond donors (Lipinski definition) is 2. The number of nitrogens with one attached hydrogen (secondary N) is 2. The molecule has 32 heavy (non-hydrogen) atoms. The Labute approximate surface area is 188 Å². The summed E-state index contributed by atoms with van der Waals surface area (Å²) in [4.78, 5) is 16.5. The second-order valence-corrected chi connectivity index (χ2v) is 7.13. The van der Waals surface area contributed by atoms with E-state index in [0.29, 0.717) is 25.1 Å². The van der Waals surface area contributed by atoms with Crippen molar-refractivity contribution in [2.45, 2.75) is 19.3 Å². The van der Waals surface area contributed by atoms with Gasteiger partial charge >= 0.3 is 0 Å². The van der Waals surface area contributed by atoms with Gasteiger partial charge in [-0.1, -0.05) is 12.1 Å². The van der Waals surface area contributed by atoms with Crippen molar-refractivity contribution in [2.24, 2.45) is 0 Å². The smallest absolute Gasteiger partial charge is 0.224 e. The van der Waals surface area contributed by atoms with E-state index >= 15 is 0 Å². The van der Waals surface area contributed by atoms with E-state index < -0.39 is 0 Å². The number of hydrogen-bond acceptors (Lipinski definition) is 6. The summed E-state index contributed by atoms with van der Waals surface area (Å²) in [6.07, 6.45) is 3.53. The molecular weight excluding hydrogens is 406 g/mol. The van der Waals surface area contributed by atoms with Crippen LogP contribution in [0.4, 0.5) is 11.5 Å². The minimum Gasteiger partial charge on any atom is -0.497 e. The molecule has 168 valence electrons. The summed E-state index contributed by atoms with van der Waals surface area (Å²) in [5.74, 6) is 3.09. The molecule has 1 aromatic heterocycles. The lowest BCUT2D eigenvalue weighted by Crippen LogP contribution is -2.13. The first kappa shape index (κ1) is 22.9. The Morgan fingerprint density at radius 3 is 2.16 bits per heavy atom. The Balaban J connectivity index is 1.32. The first-order chi connectivity index (χ1) is 15.7. The third-order valence-electron chi connectivity index (χ3n) is 4.80. The van der Waals surface area contributed by atoms with Crippen LogP contribution in [-0.4, -0.2) is 38.3 Å². The summed E-state index contributed by atoms with van der Waals surface area (Å²) in [7, 11) is 3.28. The van der Waals surface area contributed by atoms with E-state index in [1.165, 1.54) is 5.56 Å². The quantitative estimate of drug-likeness (QED) is 0.406. The molecule has 7 heteroatoms. The largest absolute Gasteiger partial charge is 0.497 e. The highest BCUT2D eigenvalue weighted by Crippen LogP contribution is 2.17. The zero-order chi connectivity index (χ0) is 22.6. The molecule has 0 radical (unpaired) electrons. The van der Waals surface area contributed by atoms with Crippen LogP contribution in [0.2, 0.25) is 0 Å². The number of benzene rings is 2. The molecule has 0 atom stereocenters. The summed E-state index contributed by atoms with van der Waals surface area (Å²) in [6, 6.07) is 19.1. The van der Waals surface area contributed by atoms with Gasteiger partial charge in [0, 0.05) is 13.0 Å². The normalized spacial score (nSPS) is 10.3. The Kier molecular flexibility index (Phi) is 8.74. The molecule has 0 saturated heterocycles. The van der Waals surface area contributed by atoms with Crippen LogP contribution in [0.25, 0.3) is 0 Å². The van der Waals surface area contributed by atoms with Gasteiger partial charge in [-0.15, -0.1) is 0 Å². The molecule has 0 bridgehead atoms. The number of aromatic nitrogens is 1. The predicted molar refractivity (Wildman–Crippen MR) is 126 cm³/mol. The Morgan fingerprint density at radius 1 is 0.875 bits per heavy atom. The zero-order valence-corrected chi connectivity index (χ0v) is 18.5. The molecule has 0 aliphatic rings. The minimum absolute atomic E-state index is 0.0645. The highest BCUT2D eigenvalue weighted by atomic mass is 16.5. The van der Waals surface area contributed by atoms with E-state index in [9.17, 15) is 4.79 Å². The summed E-state index contributed by atoms with van der Waals surface area (Å²) in [5, 5.41) is 6.15. The molecule has 3 rings (SSSR count). The van der Waals surface area contributed by atoms with Crippen LogP contribution in [-0.2, 0) is 11.2 Å². The number of pyridine rings is 1. The van der Waals surface area contributed by atoms with Gasteiger partial charge in [0.25, 0.3) is 0 Å². The zero-order valence-electron chi connectivity index (χ0n) is 18.5. The number of methoxy groups -OCH3 is 2. The van der Waals surface area contributed by atoms with Gasteiger partial charge < -0.3 is 24.8 Å². The fraction of sp³-hybridized carbons (Fsp3) is 0.280. The molecule has 0 spiro atoms.